The lowest BCUT2D eigenvalue weighted by Gasteiger charge is -2.11. The van der Waals surface area contributed by atoms with E-state index in [1.165, 1.54) is 12.1 Å². The quantitative estimate of drug-likeness (QED) is 0.330. The van der Waals surface area contributed by atoms with Gasteiger partial charge in [0.1, 0.15) is 22.9 Å². The van der Waals surface area contributed by atoms with E-state index >= 15 is 0 Å². The molecule has 0 spiro atoms. The molecule has 5 rings (SSSR count). The smallest absolute Gasteiger partial charge is 0.165 e. The zero-order valence-electron chi connectivity index (χ0n) is 18.0. The van der Waals surface area contributed by atoms with E-state index in [2.05, 4.69) is 25.9 Å². The Balaban J connectivity index is 1.47. The van der Waals surface area contributed by atoms with Crippen LogP contribution in [0.15, 0.2) is 83.6 Å². The summed E-state index contributed by atoms with van der Waals surface area (Å²) in [6.07, 6.45) is 3.80. The predicted octanol–water partition coefficient (Wildman–Crippen LogP) is 5.32. The lowest BCUT2D eigenvalue weighted by molar-refractivity contribution is -0.117. The standard InChI is InChI=1S/C26H19BrFN5O/c27-18-14-23-26(31-15-18)33(25(32-23)22-5-2-10-30-24(22)29)20-8-6-16(7-9-20)12-21(34)13-17-3-1-4-19(28)11-17/h1-11,14-15H,12-13H2,(H2,29,30). The minimum atomic E-state index is -0.340. The average Bonchev–Trinajstić information content (AvgIpc) is 3.18. The van der Waals surface area contributed by atoms with E-state index in [-0.39, 0.29) is 24.4 Å². The van der Waals surface area contributed by atoms with Crippen LogP contribution in [-0.4, -0.2) is 25.3 Å². The number of rotatable bonds is 6. The Morgan fingerprint density at radius 1 is 0.971 bits per heavy atom. The van der Waals surface area contributed by atoms with Gasteiger partial charge in [-0.15, -0.1) is 0 Å². The summed E-state index contributed by atoms with van der Waals surface area (Å²) in [6.45, 7) is 0. The van der Waals surface area contributed by atoms with Crippen molar-refractivity contribution >= 4 is 38.7 Å². The van der Waals surface area contributed by atoms with Crippen molar-refractivity contribution < 1.29 is 9.18 Å². The van der Waals surface area contributed by atoms with Crippen molar-refractivity contribution in [2.45, 2.75) is 12.8 Å². The van der Waals surface area contributed by atoms with Gasteiger partial charge in [0.25, 0.3) is 0 Å². The van der Waals surface area contributed by atoms with Gasteiger partial charge in [-0.1, -0.05) is 24.3 Å². The highest BCUT2D eigenvalue weighted by molar-refractivity contribution is 9.10. The number of anilines is 1. The number of carbonyl (C=O) groups is 1. The van der Waals surface area contributed by atoms with E-state index in [4.69, 9.17) is 10.7 Å². The molecule has 0 aliphatic heterocycles. The second-order valence-electron chi connectivity index (χ2n) is 7.89. The van der Waals surface area contributed by atoms with E-state index < -0.39 is 0 Å². The number of aromatic nitrogens is 4. The molecule has 3 heterocycles. The number of halogens is 2. The Morgan fingerprint density at radius 3 is 2.53 bits per heavy atom. The number of Topliss-reactive ketones (excluding diaryl/α,β-unsaturated/α-hetero) is 1. The minimum Gasteiger partial charge on any atom is -0.383 e. The fraction of sp³-hybridized carbons (Fsp3) is 0.0769. The molecule has 0 bridgehead atoms. The summed E-state index contributed by atoms with van der Waals surface area (Å²) in [6, 6.07) is 19.4. The summed E-state index contributed by atoms with van der Waals surface area (Å²) in [4.78, 5) is 26.1. The van der Waals surface area contributed by atoms with Crippen LogP contribution in [0, 0.1) is 5.82 Å². The average molecular weight is 516 g/mol. The predicted molar refractivity (Wildman–Crippen MR) is 133 cm³/mol. The topological polar surface area (TPSA) is 86.7 Å². The SMILES string of the molecule is Nc1ncccc1-c1nc2cc(Br)cnc2n1-c1ccc(CC(=O)Cc2cccc(F)c2)cc1. The molecule has 6 nitrogen and oxygen atoms in total. The first-order chi connectivity index (χ1) is 16.5. The van der Waals surface area contributed by atoms with Gasteiger partial charge in [0.05, 0.1) is 5.56 Å². The molecule has 0 radical (unpaired) electrons. The molecule has 8 heteroatoms. The Labute approximate surface area is 203 Å². The van der Waals surface area contributed by atoms with E-state index in [0.29, 0.717) is 33.9 Å². The van der Waals surface area contributed by atoms with Crippen LogP contribution in [0.4, 0.5) is 10.2 Å². The number of nitrogens with two attached hydrogens (primary N) is 1. The highest BCUT2D eigenvalue weighted by Gasteiger charge is 2.18. The Kier molecular flexibility index (Phi) is 5.90. The Hall–Kier alpha value is -3.91. The summed E-state index contributed by atoms with van der Waals surface area (Å²) in [5.74, 6) is 0.675. The van der Waals surface area contributed by atoms with Crippen LogP contribution >= 0.6 is 15.9 Å². The summed E-state index contributed by atoms with van der Waals surface area (Å²) >= 11 is 3.45. The highest BCUT2D eigenvalue weighted by Crippen LogP contribution is 2.31. The zero-order valence-corrected chi connectivity index (χ0v) is 19.5. The molecule has 3 aromatic heterocycles. The van der Waals surface area contributed by atoms with Crippen molar-refractivity contribution in [2.75, 3.05) is 5.73 Å². The van der Waals surface area contributed by atoms with Gasteiger partial charge in [0, 0.05) is 35.4 Å². The maximum atomic E-state index is 13.4. The summed E-state index contributed by atoms with van der Waals surface area (Å²) < 4.78 is 16.1. The van der Waals surface area contributed by atoms with Crippen LogP contribution in [0.3, 0.4) is 0 Å². The summed E-state index contributed by atoms with van der Waals surface area (Å²) in [5.41, 5.74) is 10.6. The van der Waals surface area contributed by atoms with Crippen LogP contribution in [0.25, 0.3) is 28.2 Å². The molecular weight excluding hydrogens is 497 g/mol. The minimum absolute atomic E-state index is 0.0155. The molecule has 0 unspecified atom stereocenters. The number of nitrogens with zero attached hydrogens (tertiary/aromatic N) is 4. The molecule has 0 fully saturated rings. The van der Waals surface area contributed by atoms with Gasteiger partial charge < -0.3 is 5.73 Å². The number of carbonyl (C=O) groups excluding carboxylic acids is 1. The summed E-state index contributed by atoms with van der Waals surface area (Å²) in [7, 11) is 0. The van der Waals surface area contributed by atoms with Gasteiger partial charge in [-0.3, -0.25) is 9.36 Å². The van der Waals surface area contributed by atoms with Crippen molar-refractivity contribution in [3.05, 3.63) is 101 Å². The molecule has 0 amide bonds. The number of pyridine rings is 2. The number of ketones is 1. The van der Waals surface area contributed by atoms with Crippen molar-refractivity contribution in [3.8, 4) is 17.1 Å². The van der Waals surface area contributed by atoms with E-state index in [0.717, 1.165) is 15.7 Å². The maximum Gasteiger partial charge on any atom is 0.165 e. The van der Waals surface area contributed by atoms with Crippen LogP contribution < -0.4 is 5.73 Å². The van der Waals surface area contributed by atoms with Gasteiger partial charge in [-0.25, -0.2) is 19.3 Å². The van der Waals surface area contributed by atoms with E-state index in [9.17, 15) is 9.18 Å². The molecular formula is C26H19BrFN5O. The molecule has 2 N–H and O–H groups in total. The molecule has 0 aliphatic rings. The fourth-order valence-electron chi connectivity index (χ4n) is 3.90. The molecule has 34 heavy (non-hydrogen) atoms. The lowest BCUT2D eigenvalue weighted by Crippen LogP contribution is -2.07. The lowest BCUT2D eigenvalue weighted by atomic mass is 10.0. The second kappa shape index (κ2) is 9.15. The van der Waals surface area contributed by atoms with Gasteiger partial charge in [0.15, 0.2) is 11.5 Å². The zero-order chi connectivity index (χ0) is 23.7. The molecule has 0 saturated carbocycles. The van der Waals surface area contributed by atoms with Crippen LogP contribution in [0.5, 0.6) is 0 Å². The van der Waals surface area contributed by atoms with Crippen molar-refractivity contribution in [2.24, 2.45) is 0 Å². The van der Waals surface area contributed by atoms with Gasteiger partial charge >= 0.3 is 0 Å². The molecule has 0 saturated heterocycles. The van der Waals surface area contributed by atoms with Crippen LogP contribution in [-0.2, 0) is 17.6 Å². The van der Waals surface area contributed by atoms with Crippen molar-refractivity contribution in [1.29, 1.82) is 0 Å². The number of nitrogen functional groups attached to an aromatic ring is 1. The summed E-state index contributed by atoms with van der Waals surface area (Å²) in [5, 5.41) is 0. The first kappa shape index (κ1) is 21.9. The van der Waals surface area contributed by atoms with Gasteiger partial charge in [-0.05, 0) is 69.5 Å². The number of hydrogen-bond acceptors (Lipinski definition) is 5. The normalized spacial score (nSPS) is 11.1. The molecule has 168 valence electrons. The molecule has 2 aromatic carbocycles. The fourth-order valence-corrected chi connectivity index (χ4v) is 4.22. The highest BCUT2D eigenvalue weighted by atomic mass is 79.9. The van der Waals surface area contributed by atoms with Crippen molar-refractivity contribution in [3.63, 3.8) is 0 Å². The Morgan fingerprint density at radius 2 is 1.76 bits per heavy atom. The number of fused-ring (bicyclic) bond motifs is 1. The maximum absolute atomic E-state index is 13.4. The second-order valence-corrected chi connectivity index (χ2v) is 8.81. The number of benzene rings is 2. The van der Waals surface area contributed by atoms with Crippen LogP contribution in [0.2, 0.25) is 0 Å². The van der Waals surface area contributed by atoms with E-state index in [1.807, 2.05) is 47.0 Å². The first-order valence-corrected chi connectivity index (χ1v) is 11.4. The monoisotopic (exact) mass is 515 g/mol. The van der Waals surface area contributed by atoms with Crippen LogP contribution in [0.1, 0.15) is 11.1 Å². The molecule has 0 aliphatic carbocycles. The first-order valence-electron chi connectivity index (χ1n) is 10.6. The third-order valence-corrected chi connectivity index (χ3v) is 5.86. The largest absolute Gasteiger partial charge is 0.383 e. The van der Waals surface area contributed by atoms with E-state index in [1.54, 1.807) is 24.5 Å². The molecule has 5 aromatic rings. The third-order valence-electron chi connectivity index (χ3n) is 5.43. The van der Waals surface area contributed by atoms with Gasteiger partial charge in [0.2, 0.25) is 0 Å². The van der Waals surface area contributed by atoms with Gasteiger partial charge in [-0.2, -0.15) is 0 Å². The number of imidazole rings is 1. The third kappa shape index (κ3) is 4.45. The Bertz CT molecular complexity index is 1510. The molecule has 0 atom stereocenters. The van der Waals surface area contributed by atoms with Crippen molar-refractivity contribution in [1.82, 2.24) is 19.5 Å². The number of hydrogen-bond donors (Lipinski definition) is 1.